The van der Waals surface area contributed by atoms with E-state index in [1.165, 1.54) is 28.2 Å². The standard InChI is InChI=1S/C17H16N4O4S/c1-11-10-26-17-18-9-12(15(23)21(11)17)14(22)19-4-6-20(7-5-19)16(24)13-3-2-8-25-13/h2-3,8-10H,4-7H2,1H3. The van der Waals surface area contributed by atoms with E-state index >= 15 is 0 Å². The van der Waals surface area contributed by atoms with Gasteiger partial charge in [-0.05, 0) is 19.1 Å². The number of carbonyl (C=O) groups is 2. The molecule has 9 heteroatoms. The van der Waals surface area contributed by atoms with Crippen molar-refractivity contribution in [2.24, 2.45) is 0 Å². The zero-order valence-electron chi connectivity index (χ0n) is 14.0. The van der Waals surface area contributed by atoms with Crippen LogP contribution >= 0.6 is 11.3 Å². The van der Waals surface area contributed by atoms with Crippen molar-refractivity contribution in [3.63, 3.8) is 0 Å². The Balaban J connectivity index is 1.50. The van der Waals surface area contributed by atoms with Gasteiger partial charge in [0.1, 0.15) is 5.56 Å². The summed E-state index contributed by atoms with van der Waals surface area (Å²) in [5.74, 6) is -0.266. The van der Waals surface area contributed by atoms with Crippen LogP contribution in [-0.4, -0.2) is 57.2 Å². The molecule has 26 heavy (non-hydrogen) atoms. The number of nitrogens with zero attached hydrogens (tertiary/aromatic N) is 4. The molecule has 4 rings (SSSR count). The number of amides is 2. The number of thiazole rings is 1. The monoisotopic (exact) mass is 372 g/mol. The van der Waals surface area contributed by atoms with E-state index in [0.717, 1.165) is 5.69 Å². The van der Waals surface area contributed by atoms with Gasteiger partial charge in [-0.25, -0.2) is 4.98 Å². The molecule has 8 nitrogen and oxygen atoms in total. The fourth-order valence-electron chi connectivity index (χ4n) is 3.01. The first-order valence-electron chi connectivity index (χ1n) is 8.14. The summed E-state index contributed by atoms with van der Waals surface area (Å²) in [5.41, 5.74) is 0.452. The summed E-state index contributed by atoms with van der Waals surface area (Å²) in [4.78, 5) is 45.7. The number of hydrogen-bond donors (Lipinski definition) is 0. The first kappa shape index (κ1) is 16.5. The van der Waals surface area contributed by atoms with Crippen molar-refractivity contribution >= 4 is 28.1 Å². The highest BCUT2D eigenvalue weighted by molar-refractivity contribution is 7.15. The van der Waals surface area contributed by atoms with Crippen molar-refractivity contribution in [1.82, 2.24) is 19.2 Å². The Kier molecular flexibility index (Phi) is 4.08. The number of carbonyl (C=O) groups excluding carboxylic acids is 2. The van der Waals surface area contributed by atoms with Crippen LogP contribution in [-0.2, 0) is 0 Å². The van der Waals surface area contributed by atoms with Gasteiger partial charge in [-0.2, -0.15) is 0 Å². The molecule has 0 aromatic carbocycles. The number of aryl methyl sites for hydroxylation is 1. The third-order valence-electron chi connectivity index (χ3n) is 4.43. The number of rotatable bonds is 2. The minimum absolute atomic E-state index is 0.0508. The summed E-state index contributed by atoms with van der Waals surface area (Å²) >= 11 is 1.36. The normalized spacial score (nSPS) is 14.8. The van der Waals surface area contributed by atoms with Gasteiger partial charge in [-0.1, -0.05) is 0 Å². The van der Waals surface area contributed by atoms with E-state index in [2.05, 4.69) is 4.98 Å². The zero-order valence-corrected chi connectivity index (χ0v) is 14.9. The van der Waals surface area contributed by atoms with Gasteiger partial charge in [-0.15, -0.1) is 11.3 Å². The summed E-state index contributed by atoms with van der Waals surface area (Å²) in [6.45, 7) is 3.30. The molecule has 1 aliphatic rings. The van der Waals surface area contributed by atoms with Crippen LogP contribution in [0.2, 0.25) is 0 Å². The molecule has 3 aromatic rings. The quantitative estimate of drug-likeness (QED) is 0.676. The second-order valence-electron chi connectivity index (χ2n) is 6.03. The second kappa shape index (κ2) is 6.41. The molecule has 0 spiro atoms. The van der Waals surface area contributed by atoms with Crippen LogP contribution in [0.1, 0.15) is 26.6 Å². The van der Waals surface area contributed by atoms with Gasteiger partial charge in [-0.3, -0.25) is 18.8 Å². The molecule has 0 aliphatic carbocycles. The molecular formula is C17H16N4O4S. The smallest absolute Gasteiger partial charge is 0.289 e. The van der Waals surface area contributed by atoms with Crippen LogP contribution < -0.4 is 5.56 Å². The van der Waals surface area contributed by atoms with Crippen LogP contribution in [0.15, 0.2) is 39.2 Å². The van der Waals surface area contributed by atoms with Gasteiger partial charge >= 0.3 is 0 Å². The Morgan fingerprint density at radius 3 is 2.50 bits per heavy atom. The molecule has 1 saturated heterocycles. The van der Waals surface area contributed by atoms with Gasteiger partial charge in [0.15, 0.2) is 10.7 Å². The lowest BCUT2D eigenvalue weighted by atomic mass is 10.2. The van der Waals surface area contributed by atoms with E-state index in [1.54, 1.807) is 28.9 Å². The van der Waals surface area contributed by atoms with E-state index in [4.69, 9.17) is 4.42 Å². The highest BCUT2D eigenvalue weighted by atomic mass is 32.1. The van der Waals surface area contributed by atoms with Crippen molar-refractivity contribution in [2.45, 2.75) is 6.92 Å². The first-order chi connectivity index (χ1) is 12.6. The lowest BCUT2D eigenvalue weighted by Crippen LogP contribution is -2.51. The van der Waals surface area contributed by atoms with Crippen molar-refractivity contribution in [1.29, 1.82) is 0 Å². The Morgan fingerprint density at radius 2 is 1.85 bits per heavy atom. The Hall–Kier alpha value is -2.94. The summed E-state index contributed by atoms with van der Waals surface area (Å²) in [6.07, 6.45) is 2.80. The fourth-order valence-corrected chi connectivity index (χ4v) is 3.84. The Labute approximate surface area is 152 Å². The molecule has 2 amide bonds. The van der Waals surface area contributed by atoms with Crippen LogP contribution in [0.25, 0.3) is 4.96 Å². The highest BCUT2D eigenvalue weighted by Gasteiger charge is 2.28. The maximum absolute atomic E-state index is 12.8. The van der Waals surface area contributed by atoms with E-state index in [9.17, 15) is 14.4 Å². The summed E-state index contributed by atoms with van der Waals surface area (Å²) < 4.78 is 6.58. The molecule has 0 bridgehead atoms. The van der Waals surface area contributed by atoms with E-state index in [-0.39, 0.29) is 28.7 Å². The third kappa shape index (κ3) is 2.70. The number of hydrogen-bond acceptors (Lipinski definition) is 6. The molecule has 0 unspecified atom stereocenters. The van der Waals surface area contributed by atoms with Crippen molar-refractivity contribution in [3.8, 4) is 0 Å². The lowest BCUT2D eigenvalue weighted by molar-refractivity contribution is 0.0517. The number of fused-ring (bicyclic) bond motifs is 1. The van der Waals surface area contributed by atoms with Crippen LogP contribution in [0.3, 0.4) is 0 Å². The van der Waals surface area contributed by atoms with Gasteiger partial charge < -0.3 is 14.2 Å². The molecule has 0 atom stereocenters. The van der Waals surface area contributed by atoms with Crippen LogP contribution in [0, 0.1) is 6.92 Å². The Morgan fingerprint density at radius 1 is 1.15 bits per heavy atom. The van der Waals surface area contributed by atoms with Crippen molar-refractivity contribution in [3.05, 3.63) is 57.3 Å². The van der Waals surface area contributed by atoms with Gasteiger partial charge in [0.2, 0.25) is 0 Å². The molecule has 134 valence electrons. The molecular weight excluding hydrogens is 356 g/mol. The molecule has 0 radical (unpaired) electrons. The number of piperazine rings is 1. The first-order valence-corrected chi connectivity index (χ1v) is 9.02. The number of furan rings is 1. The topological polar surface area (TPSA) is 88.1 Å². The second-order valence-corrected chi connectivity index (χ2v) is 6.87. The molecule has 3 aromatic heterocycles. The van der Waals surface area contributed by atoms with Gasteiger partial charge in [0, 0.05) is 43.4 Å². The summed E-state index contributed by atoms with van der Waals surface area (Å²) in [5, 5.41) is 1.83. The molecule has 1 aliphatic heterocycles. The molecule has 0 saturated carbocycles. The maximum atomic E-state index is 12.8. The van der Waals surface area contributed by atoms with Crippen LogP contribution in [0.5, 0.6) is 0 Å². The fraction of sp³-hybridized carbons (Fsp3) is 0.294. The average Bonchev–Trinajstić information content (AvgIpc) is 3.32. The molecule has 0 N–H and O–H groups in total. The average molecular weight is 372 g/mol. The minimum atomic E-state index is -0.354. The molecule has 1 fully saturated rings. The summed E-state index contributed by atoms with van der Waals surface area (Å²) in [6, 6.07) is 3.28. The zero-order chi connectivity index (χ0) is 18.3. The highest BCUT2D eigenvalue weighted by Crippen LogP contribution is 2.13. The summed E-state index contributed by atoms with van der Waals surface area (Å²) in [7, 11) is 0. The van der Waals surface area contributed by atoms with Crippen LogP contribution in [0.4, 0.5) is 0 Å². The lowest BCUT2D eigenvalue weighted by Gasteiger charge is -2.34. The van der Waals surface area contributed by atoms with Gasteiger partial charge in [0.25, 0.3) is 17.4 Å². The SMILES string of the molecule is Cc1csc2ncc(C(=O)N3CCN(C(=O)c4ccco4)CC3)c(=O)n12. The van der Waals surface area contributed by atoms with E-state index < -0.39 is 0 Å². The number of aromatic nitrogens is 2. The van der Waals surface area contributed by atoms with Crippen molar-refractivity contribution < 1.29 is 14.0 Å². The predicted molar refractivity (Wildman–Crippen MR) is 94.6 cm³/mol. The third-order valence-corrected chi connectivity index (χ3v) is 5.39. The largest absolute Gasteiger partial charge is 0.459 e. The minimum Gasteiger partial charge on any atom is -0.459 e. The van der Waals surface area contributed by atoms with E-state index in [1.807, 2.05) is 5.38 Å². The maximum Gasteiger partial charge on any atom is 0.289 e. The van der Waals surface area contributed by atoms with Gasteiger partial charge in [0.05, 0.1) is 6.26 Å². The predicted octanol–water partition coefficient (Wildman–Crippen LogP) is 1.26. The van der Waals surface area contributed by atoms with E-state index in [0.29, 0.717) is 31.1 Å². The molecule has 4 heterocycles. The van der Waals surface area contributed by atoms with Crippen molar-refractivity contribution in [2.75, 3.05) is 26.2 Å². The Bertz CT molecular complexity index is 1030.